The summed E-state index contributed by atoms with van der Waals surface area (Å²) in [5.41, 5.74) is 0. The molecule has 0 radical (unpaired) electrons. The Hall–Kier alpha value is 0.0700. The normalized spacial score (nSPS) is 43.6. The lowest BCUT2D eigenvalue weighted by Crippen LogP contribution is -2.14. The van der Waals surface area contributed by atoms with Crippen molar-refractivity contribution in [1.29, 1.82) is 0 Å². The van der Waals surface area contributed by atoms with Crippen LogP contribution in [0.1, 0.15) is 0 Å². The van der Waals surface area contributed by atoms with Gasteiger partial charge in [0.1, 0.15) is 6.10 Å². The van der Waals surface area contributed by atoms with E-state index in [2.05, 4.69) is 9.05 Å². The standard InChI is InChI=1S/C3H7O5P/c4-1-3-2-7-9(5,6)8-3/h3-4H,1-2H2,(H,5,6)/p-1. The molecule has 0 spiro atoms. The Morgan fingerprint density at radius 2 is 2.56 bits per heavy atom. The van der Waals surface area contributed by atoms with Gasteiger partial charge in [0.25, 0.3) is 7.82 Å². The van der Waals surface area contributed by atoms with Gasteiger partial charge in [-0.2, -0.15) is 0 Å². The number of phosphoric acid groups is 1. The molecule has 0 bridgehead atoms. The van der Waals surface area contributed by atoms with Crippen molar-refractivity contribution in [3.05, 3.63) is 0 Å². The fourth-order valence-electron chi connectivity index (χ4n) is 0.504. The third kappa shape index (κ3) is 1.74. The second-order valence-corrected chi connectivity index (χ2v) is 3.02. The molecule has 0 amide bonds. The molecule has 0 saturated carbocycles. The van der Waals surface area contributed by atoms with Gasteiger partial charge in [0.15, 0.2) is 0 Å². The summed E-state index contributed by atoms with van der Waals surface area (Å²) in [5.74, 6) is 0. The van der Waals surface area contributed by atoms with E-state index in [1.54, 1.807) is 0 Å². The van der Waals surface area contributed by atoms with E-state index in [-0.39, 0.29) is 13.2 Å². The highest BCUT2D eigenvalue weighted by atomic mass is 31.2. The quantitative estimate of drug-likeness (QED) is 0.482. The van der Waals surface area contributed by atoms with Gasteiger partial charge in [-0.15, -0.1) is 0 Å². The second kappa shape index (κ2) is 2.36. The third-order valence-corrected chi connectivity index (χ3v) is 1.92. The summed E-state index contributed by atoms with van der Waals surface area (Å²) in [6.45, 7) is -0.399. The van der Waals surface area contributed by atoms with Gasteiger partial charge >= 0.3 is 0 Å². The SMILES string of the molecule is O=P1([O-])OCC(CO)O1. The van der Waals surface area contributed by atoms with Crippen molar-refractivity contribution >= 4 is 7.82 Å². The molecule has 1 fully saturated rings. The monoisotopic (exact) mass is 153 g/mol. The molecule has 9 heavy (non-hydrogen) atoms. The first kappa shape index (κ1) is 7.18. The minimum absolute atomic E-state index is 0.0721. The Morgan fingerprint density at radius 3 is 2.78 bits per heavy atom. The molecule has 0 aromatic carbocycles. The van der Waals surface area contributed by atoms with E-state index in [4.69, 9.17) is 5.11 Å². The molecule has 54 valence electrons. The molecule has 2 unspecified atom stereocenters. The van der Waals surface area contributed by atoms with Crippen LogP contribution in [0.4, 0.5) is 0 Å². The second-order valence-electron chi connectivity index (χ2n) is 1.65. The molecular weight excluding hydrogens is 147 g/mol. The van der Waals surface area contributed by atoms with Gasteiger partial charge in [-0.05, 0) is 0 Å². The molecule has 2 atom stereocenters. The molecule has 0 aliphatic carbocycles. The van der Waals surface area contributed by atoms with Crippen LogP contribution in [0, 0.1) is 0 Å². The Labute approximate surface area is 51.8 Å². The topological polar surface area (TPSA) is 78.8 Å². The summed E-state index contributed by atoms with van der Waals surface area (Å²) in [6, 6.07) is 0. The highest BCUT2D eigenvalue weighted by Gasteiger charge is 2.26. The van der Waals surface area contributed by atoms with Gasteiger partial charge in [-0.25, -0.2) is 0 Å². The first-order valence-corrected chi connectivity index (χ1v) is 3.85. The van der Waals surface area contributed by atoms with Crippen molar-refractivity contribution in [1.82, 2.24) is 0 Å². The molecule has 1 aliphatic rings. The maximum atomic E-state index is 10.3. The maximum Gasteiger partial charge on any atom is 0.268 e. The van der Waals surface area contributed by atoms with Crippen LogP contribution in [0.2, 0.25) is 0 Å². The number of rotatable bonds is 1. The van der Waals surface area contributed by atoms with E-state index in [1.165, 1.54) is 0 Å². The average Bonchev–Trinajstić information content (AvgIpc) is 2.10. The van der Waals surface area contributed by atoms with E-state index in [1.807, 2.05) is 0 Å². The van der Waals surface area contributed by atoms with Crippen LogP contribution in [0.3, 0.4) is 0 Å². The third-order valence-electron chi connectivity index (χ3n) is 0.900. The molecule has 1 N–H and O–H groups in total. The lowest BCUT2D eigenvalue weighted by molar-refractivity contribution is -0.215. The van der Waals surface area contributed by atoms with Gasteiger partial charge < -0.3 is 19.0 Å². The number of aliphatic hydroxyl groups excluding tert-OH is 1. The predicted octanol–water partition coefficient (Wildman–Crippen LogP) is -1.14. The van der Waals surface area contributed by atoms with Crippen LogP contribution in [0.25, 0.3) is 0 Å². The van der Waals surface area contributed by atoms with Crippen molar-refractivity contribution in [3.8, 4) is 0 Å². The first-order valence-electron chi connectivity index (χ1n) is 2.39. The van der Waals surface area contributed by atoms with E-state index in [9.17, 15) is 9.46 Å². The zero-order chi connectivity index (χ0) is 6.91. The zero-order valence-electron chi connectivity index (χ0n) is 4.52. The van der Waals surface area contributed by atoms with Gasteiger partial charge in [-0.3, -0.25) is 4.57 Å². The van der Waals surface area contributed by atoms with E-state index >= 15 is 0 Å². The first-order chi connectivity index (χ1) is 4.14. The summed E-state index contributed by atoms with van der Waals surface area (Å²) in [5, 5.41) is 8.33. The fraction of sp³-hybridized carbons (Fsp3) is 1.00. The van der Waals surface area contributed by atoms with Crippen molar-refractivity contribution in [2.45, 2.75) is 6.10 Å². The summed E-state index contributed by atoms with van der Waals surface area (Å²) < 4.78 is 18.7. The Kier molecular flexibility index (Phi) is 1.88. The number of phosphoric ester groups is 1. The molecule has 1 saturated heterocycles. The molecule has 1 rings (SSSR count). The minimum Gasteiger partial charge on any atom is -0.756 e. The van der Waals surface area contributed by atoms with Crippen molar-refractivity contribution in [3.63, 3.8) is 0 Å². The summed E-state index contributed by atoms with van der Waals surface area (Å²) in [4.78, 5) is 10.3. The lowest BCUT2D eigenvalue weighted by Gasteiger charge is -2.12. The Balaban J connectivity index is 2.47. The smallest absolute Gasteiger partial charge is 0.268 e. The highest BCUT2D eigenvalue weighted by molar-refractivity contribution is 7.46. The molecule has 0 aromatic rings. The molecular formula is C3H6O5P-. The molecule has 6 heteroatoms. The summed E-state index contributed by atoms with van der Waals surface area (Å²) >= 11 is 0. The van der Waals surface area contributed by atoms with Crippen molar-refractivity contribution in [2.75, 3.05) is 13.2 Å². The summed E-state index contributed by atoms with van der Waals surface area (Å²) in [7, 11) is -4.03. The maximum absolute atomic E-state index is 10.3. The van der Waals surface area contributed by atoms with Crippen molar-refractivity contribution in [2.24, 2.45) is 0 Å². The zero-order valence-corrected chi connectivity index (χ0v) is 5.41. The van der Waals surface area contributed by atoms with Gasteiger partial charge in [-0.1, -0.05) is 0 Å². The molecule has 1 heterocycles. The van der Waals surface area contributed by atoms with E-state index in [0.29, 0.717) is 0 Å². The predicted molar refractivity (Wildman–Crippen MR) is 25.5 cm³/mol. The van der Waals surface area contributed by atoms with E-state index in [0.717, 1.165) is 0 Å². The largest absolute Gasteiger partial charge is 0.756 e. The Bertz CT molecular complexity index is 145. The van der Waals surface area contributed by atoms with Crippen LogP contribution in [0.15, 0.2) is 0 Å². The van der Waals surface area contributed by atoms with Crippen LogP contribution in [0.5, 0.6) is 0 Å². The van der Waals surface area contributed by atoms with Gasteiger partial charge in [0.05, 0.1) is 13.2 Å². The number of hydrogen-bond donors (Lipinski definition) is 1. The minimum atomic E-state index is -4.03. The van der Waals surface area contributed by atoms with Crippen LogP contribution < -0.4 is 4.89 Å². The molecule has 1 aliphatic heterocycles. The highest BCUT2D eigenvalue weighted by Crippen LogP contribution is 2.45. The molecule has 5 nitrogen and oxygen atoms in total. The number of aliphatic hydroxyl groups is 1. The molecule has 0 aromatic heterocycles. The lowest BCUT2D eigenvalue weighted by atomic mass is 10.4. The fourth-order valence-corrected chi connectivity index (χ4v) is 1.41. The van der Waals surface area contributed by atoms with Crippen LogP contribution in [-0.4, -0.2) is 24.4 Å². The van der Waals surface area contributed by atoms with Crippen LogP contribution >= 0.6 is 7.82 Å². The van der Waals surface area contributed by atoms with Crippen LogP contribution in [-0.2, 0) is 13.6 Å². The Morgan fingerprint density at radius 1 is 1.89 bits per heavy atom. The average molecular weight is 153 g/mol. The van der Waals surface area contributed by atoms with Gasteiger partial charge in [0.2, 0.25) is 0 Å². The number of hydrogen-bond acceptors (Lipinski definition) is 5. The van der Waals surface area contributed by atoms with E-state index < -0.39 is 13.9 Å². The van der Waals surface area contributed by atoms with Gasteiger partial charge in [0, 0.05) is 0 Å². The summed E-state index contributed by atoms with van der Waals surface area (Å²) in [6.07, 6.45) is -0.701. The van der Waals surface area contributed by atoms with Crippen molar-refractivity contribution < 1.29 is 23.6 Å².